The first-order valence-corrected chi connectivity index (χ1v) is 5.11. The lowest BCUT2D eigenvalue weighted by Crippen LogP contribution is -2.15. The molecule has 4 heteroatoms. The zero-order valence-electron chi connectivity index (χ0n) is 8.90. The Morgan fingerprint density at radius 1 is 1.53 bits per heavy atom. The minimum atomic E-state index is 0. The summed E-state index contributed by atoms with van der Waals surface area (Å²) in [7, 11) is 0. The summed E-state index contributed by atoms with van der Waals surface area (Å²) in [6.07, 6.45) is 3.05. The van der Waals surface area contributed by atoms with Crippen molar-refractivity contribution >= 4 is 12.4 Å². The van der Waals surface area contributed by atoms with Gasteiger partial charge in [-0.15, -0.1) is 12.4 Å². The summed E-state index contributed by atoms with van der Waals surface area (Å²) in [5.41, 5.74) is 1.17. The van der Waals surface area contributed by atoms with Crippen molar-refractivity contribution in [2.45, 2.75) is 13.3 Å². The number of nitrogens with one attached hydrogen (secondary N) is 1. The molecule has 0 aliphatic carbocycles. The van der Waals surface area contributed by atoms with Crippen molar-refractivity contribution in [1.29, 1.82) is 0 Å². The Kier molecular flexibility index (Phi) is 4.85. The molecule has 1 saturated heterocycles. The minimum absolute atomic E-state index is 0. The molecular formula is C11H17ClN2O. The highest BCUT2D eigenvalue weighted by atomic mass is 35.5. The second-order valence-corrected chi connectivity index (χ2v) is 3.84. The van der Waals surface area contributed by atoms with Gasteiger partial charge in [-0.2, -0.15) is 0 Å². The van der Waals surface area contributed by atoms with E-state index in [1.807, 2.05) is 25.3 Å². The van der Waals surface area contributed by atoms with Gasteiger partial charge in [0.15, 0.2) is 0 Å². The molecule has 1 atom stereocenters. The molecule has 1 aliphatic heterocycles. The van der Waals surface area contributed by atoms with Crippen LogP contribution >= 0.6 is 12.4 Å². The van der Waals surface area contributed by atoms with Gasteiger partial charge >= 0.3 is 0 Å². The fourth-order valence-corrected chi connectivity index (χ4v) is 1.60. The van der Waals surface area contributed by atoms with Gasteiger partial charge in [0, 0.05) is 24.7 Å². The summed E-state index contributed by atoms with van der Waals surface area (Å²) in [5, 5.41) is 3.32. The molecule has 1 aliphatic rings. The zero-order valence-corrected chi connectivity index (χ0v) is 9.72. The van der Waals surface area contributed by atoms with Crippen LogP contribution in [0, 0.1) is 12.8 Å². The molecule has 2 heterocycles. The van der Waals surface area contributed by atoms with Gasteiger partial charge < -0.3 is 10.1 Å². The van der Waals surface area contributed by atoms with Crippen LogP contribution < -0.4 is 10.1 Å². The third-order valence-corrected chi connectivity index (χ3v) is 2.51. The van der Waals surface area contributed by atoms with Crippen molar-refractivity contribution in [2.24, 2.45) is 5.92 Å². The first kappa shape index (κ1) is 12.3. The van der Waals surface area contributed by atoms with Crippen LogP contribution in [0.15, 0.2) is 18.3 Å². The fraction of sp³-hybridized carbons (Fsp3) is 0.545. The summed E-state index contributed by atoms with van der Waals surface area (Å²) in [6.45, 7) is 5.00. The zero-order chi connectivity index (χ0) is 9.80. The molecule has 1 N–H and O–H groups in total. The monoisotopic (exact) mass is 228 g/mol. The Balaban J connectivity index is 0.00000112. The molecule has 1 fully saturated rings. The molecule has 0 spiro atoms. The van der Waals surface area contributed by atoms with Crippen LogP contribution in [-0.4, -0.2) is 24.7 Å². The van der Waals surface area contributed by atoms with Crippen molar-refractivity contribution in [1.82, 2.24) is 10.3 Å². The molecule has 1 aromatic rings. The van der Waals surface area contributed by atoms with Crippen molar-refractivity contribution in [3.8, 4) is 5.88 Å². The largest absolute Gasteiger partial charge is 0.477 e. The molecule has 0 radical (unpaired) electrons. The topological polar surface area (TPSA) is 34.1 Å². The maximum absolute atomic E-state index is 5.59. The van der Waals surface area contributed by atoms with E-state index in [4.69, 9.17) is 4.74 Å². The number of hydrogen-bond donors (Lipinski definition) is 1. The van der Waals surface area contributed by atoms with Gasteiger partial charge in [0.05, 0.1) is 6.61 Å². The first-order chi connectivity index (χ1) is 6.84. The lowest BCUT2D eigenvalue weighted by atomic mass is 10.1. The van der Waals surface area contributed by atoms with Crippen LogP contribution in [0.3, 0.4) is 0 Å². The molecule has 15 heavy (non-hydrogen) atoms. The molecule has 0 saturated carbocycles. The highest BCUT2D eigenvalue weighted by molar-refractivity contribution is 5.85. The summed E-state index contributed by atoms with van der Waals surface area (Å²) in [4.78, 5) is 4.20. The summed E-state index contributed by atoms with van der Waals surface area (Å²) < 4.78 is 5.59. The average molecular weight is 229 g/mol. The Labute approximate surface area is 96.7 Å². The number of hydrogen-bond acceptors (Lipinski definition) is 3. The Bertz CT molecular complexity index is 283. The molecule has 2 rings (SSSR count). The van der Waals surface area contributed by atoms with Gasteiger partial charge in [0.1, 0.15) is 0 Å². The lowest BCUT2D eigenvalue weighted by molar-refractivity contribution is 0.251. The first-order valence-electron chi connectivity index (χ1n) is 5.11. The maximum Gasteiger partial charge on any atom is 0.213 e. The number of rotatable bonds is 3. The number of aryl methyl sites for hydroxylation is 1. The quantitative estimate of drug-likeness (QED) is 0.857. The number of aromatic nitrogens is 1. The molecule has 84 valence electrons. The van der Waals surface area contributed by atoms with E-state index < -0.39 is 0 Å². The van der Waals surface area contributed by atoms with Crippen LogP contribution in [0.4, 0.5) is 0 Å². The van der Waals surface area contributed by atoms with Gasteiger partial charge in [-0.25, -0.2) is 4.98 Å². The second kappa shape index (κ2) is 5.93. The van der Waals surface area contributed by atoms with Crippen molar-refractivity contribution in [3.63, 3.8) is 0 Å². The molecule has 0 amide bonds. The number of pyridine rings is 1. The van der Waals surface area contributed by atoms with Gasteiger partial charge in [-0.3, -0.25) is 0 Å². The smallest absolute Gasteiger partial charge is 0.213 e. The number of nitrogens with zero attached hydrogens (tertiary/aromatic N) is 1. The summed E-state index contributed by atoms with van der Waals surface area (Å²) >= 11 is 0. The standard InChI is InChI=1S/C11H16N2O.ClH/c1-9-2-3-11(13-6-9)14-8-10-4-5-12-7-10;/h2-3,6,10,12H,4-5,7-8H2,1H3;1H. The van der Waals surface area contributed by atoms with E-state index in [2.05, 4.69) is 10.3 Å². The minimum Gasteiger partial charge on any atom is -0.477 e. The Hall–Kier alpha value is -0.800. The molecular weight excluding hydrogens is 212 g/mol. The van der Waals surface area contributed by atoms with Crippen LogP contribution in [0.25, 0.3) is 0 Å². The molecule has 0 aromatic carbocycles. The average Bonchev–Trinajstić information content (AvgIpc) is 2.70. The molecule has 0 bridgehead atoms. The van der Waals surface area contributed by atoms with Gasteiger partial charge in [0.2, 0.25) is 5.88 Å². The molecule has 3 nitrogen and oxygen atoms in total. The number of ether oxygens (including phenoxy) is 1. The van der Waals surface area contributed by atoms with Gasteiger partial charge in [0.25, 0.3) is 0 Å². The third-order valence-electron chi connectivity index (χ3n) is 2.51. The Morgan fingerprint density at radius 3 is 3.00 bits per heavy atom. The van der Waals surface area contributed by atoms with E-state index in [-0.39, 0.29) is 12.4 Å². The van der Waals surface area contributed by atoms with Crippen LogP contribution in [-0.2, 0) is 0 Å². The van der Waals surface area contributed by atoms with Crippen LogP contribution in [0.5, 0.6) is 5.88 Å². The summed E-state index contributed by atoms with van der Waals surface area (Å²) in [5.74, 6) is 1.39. The van der Waals surface area contributed by atoms with Crippen molar-refractivity contribution < 1.29 is 4.74 Å². The third kappa shape index (κ3) is 3.68. The van der Waals surface area contributed by atoms with E-state index in [0.29, 0.717) is 5.92 Å². The SMILES string of the molecule is Cc1ccc(OCC2CCNC2)nc1.Cl. The van der Waals surface area contributed by atoms with Crippen molar-refractivity contribution in [2.75, 3.05) is 19.7 Å². The molecule has 1 unspecified atom stereocenters. The van der Waals surface area contributed by atoms with Crippen LogP contribution in [0.2, 0.25) is 0 Å². The second-order valence-electron chi connectivity index (χ2n) is 3.84. The maximum atomic E-state index is 5.59. The summed E-state index contributed by atoms with van der Waals surface area (Å²) in [6, 6.07) is 3.95. The predicted molar refractivity (Wildman–Crippen MR) is 62.7 cm³/mol. The van der Waals surface area contributed by atoms with Crippen LogP contribution in [0.1, 0.15) is 12.0 Å². The van der Waals surface area contributed by atoms with Crippen molar-refractivity contribution in [3.05, 3.63) is 23.9 Å². The normalized spacial score (nSPS) is 19.7. The lowest BCUT2D eigenvalue weighted by Gasteiger charge is -2.09. The van der Waals surface area contributed by atoms with E-state index in [1.165, 1.54) is 12.0 Å². The van der Waals surface area contributed by atoms with Gasteiger partial charge in [-0.05, 0) is 25.5 Å². The highest BCUT2D eigenvalue weighted by Crippen LogP contribution is 2.11. The van der Waals surface area contributed by atoms with E-state index >= 15 is 0 Å². The van der Waals surface area contributed by atoms with E-state index in [9.17, 15) is 0 Å². The highest BCUT2D eigenvalue weighted by Gasteiger charge is 2.14. The molecule has 1 aromatic heterocycles. The van der Waals surface area contributed by atoms with Gasteiger partial charge in [-0.1, -0.05) is 6.07 Å². The Morgan fingerprint density at radius 2 is 2.40 bits per heavy atom. The number of halogens is 1. The predicted octanol–water partition coefficient (Wildman–Crippen LogP) is 1.80. The fourth-order valence-electron chi connectivity index (χ4n) is 1.60. The van der Waals surface area contributed by atoms with E-state index in [1.54, 1.807) is 0 Å². The van der Waals surface area contributed by atoms with E-state index in [0.717, 1.165) is 25.6 Å².